The predicted molar refractivity (Wildman–Crippen MR) is 66.7 cm³/mol. The average Bonchev–Trinajstić information content (AvgIpc) is 2.80. The second-order valence-electron chi connectivity index (χ2n) is 4.05. The summed E-state index contributed by atoms with van der Waals surface area (Å²) in [4.78, 5) is 7.03. The van der Waals surface area contributed by atoms with Gasteiger partial charge in [0.25, 0.3) is 0 Å². The number of nitrogens with zero attached hydrogens (tertiary/aromatic N) is 1. The summed E-state index contributed by atoms with van der Waals surface area (Å²) in [6.07, 6.45) is 3.29. The van der Waals surface area contributed by atoms with E-state index in [1.807, 2.05) is 12.1 Å². The first-order chi connectivity index (χ1) is 7.83. The Balaban J connectivity index is 2.24. The lowest BCUT2D eigenvalue weighted by Crippen LogP contribution is -2.20. The van der Waals surface area contributed by atoms with Gasteiger partial charge in [0, 0.05) is 30.2 Å². The van der Waals surface area contributed by atoms with E-state index < -0.39 is 0 Å². The molecule has 1 aliphatic heterocycles. The van der Waals surface area contributed by atoms with Crippen molar-refractivity contribution in [3.63, 3.8) is 0 Å². The fraction of sp³-hybridized carbons (Fsp3) is 0.500. The molecule has 88 valence electrons. The van der Waals surface area contributed by atoms with Crippen molar-refractivity contribution < 1.29 is 4.84 Å². The molecule has 0 bridgehead atoms. The van der Waals surface area contributed by atoms with Crippen LogP contribution in [0.15, 0.2) is 18.2 Å². The van der Waals surface area contributed by atoms with Crippen molar-refractivity contribution in [2.45, 2.75) is 19.3 Å². The maximum atomic E-state index is 6.22. The first-order valence-electron chi connectivity index (χ1n) is 5.67. The Kier molecular flexibility index (Phi) is 4.04. The van der Waals surface area contributed by atoms with Crippen molar-refractivity contribution >= 4 is 17.3 Å². The Labute approximate surface area is 101 Å². The fourth-order valence-electron chi connectivity index (χ4n) is 2.21. The zero-order valence-electron chi connectivity index (χ0n) is 9.29. The van der Waals surface area contributed by atoms with Crippen LogP contribution in [0.4, 0.5) is 5.69 Å². The van der Waals surface area contributed by atoms with Crippen molar-refractivity contribution in [1.29, 1.82) is 0 Å². The molecule has 0 unspecified atom stereocenters. The lowest BCUT2D eigenvalue weighted by atomic mass is 10.1. The number of hydrogen-bond donors (Lipinski definition) is 1. The van der Waals surface area contributed by atoms with Crippen LogP contribution in [-0.4, -0.2) is 19.7 Å². The summed E-state index contributed by atoms with van der Waals surface area (Å²) in [5.41, 5.74) is 2.39. The normalized spacial score (nSPS) is 15.8. The Morgan fingerprint density at radius 1 is 1.31 bits per heavy atom. The van der Waals surface area contributed by atoms with Crippen LogP contribution in [0.2, 0.25) is 5.02 Å². The monoisotopic (exact) mass is 240 g/mol. The summed E-state index contributed by atoms with van der Waals surface area (Å²) in [5, 5.41) is 0.807. The van der Waals surface area contributed by atoms with Gasteiger partial charge in [-0.3, -0.25) is 0 Å². The third kappa shape index (κ3) is 2.48. The molecule has 0 spiro atoms. The van der Waals surface area contributed by atoms with Crippen LogP contribution in [0.5, 0.6) is 0 Å². The highest BCUT2D eigenvalue weighted by molar-refractivity contribution is 6.31. The molecule has 0 aromatic heterocycles. The molecule has 3 nitrogen and oxygen atoms in total. The van der Waals surface area contributed by atoms with E-state index in [2.05, 4.69) is 15.8 Å². The van der Waals surface area contributed by atoms with Gasteiger partial charge in [-0.1, -0.05) is 17.7 Å². The molecule has 1 saturated heterocycles. The first kappa shape index (κ1) is 11.7. The minimum atomic E-state index is 0.505. The van der Waals surface area contributed by atoms with Gasteiger partial charge in [0.15, 0.2) is 0 Å². The zero-order valence-corrected chi connectivity index (χ0v) is 10.0. The number of hydrogen-bond acceptors (Lipinski definition) is 3. The van der Waals surface area contributed by atoms with Gasteiger partial charge >= 0.3 is 0 Å². The average molecular weight is 241 g/mol. The maximum absolute atomic E-state index is 6.22. The van der Waals surface area contributed by atoms with E-state index in [-0.39, 0.29) is 0 Å². The van der Waals surface area contributed by atoms with Crippen molar-refractivity contribution in [3.8, 4) is 0 Å². The Bertz CT molecular complexity index is 351. The van der Waals surface area contributed by atoms with Crippen molar-refractivity contribution in [3.05, 3.63) is 28.8 Å². The minimum absolute atomic E-state index is 0.505. The summed E-state index contributed by atoms with van der Waals surface area (Å²) < 4.78 is 0. The molecule has 1 aromatic rings. The number of nitrogens with two attached hydrogens (primary N) is 1. The van der Waals surface area contributed by atoms with Gasteiger partial charge in [0.05, 0.1) is 6.61 Å². The highest BCUT2D eigenvalue weighted by Crippen LogP contribution is 2.30. The van der Waals surface area contributed by atoms with E-state index >= 15 is 0 Å². The van der Waals surface area contributed by atoms with E-state index in [1.165, 1.54) is 18.5 Å². The number of benzene rings is 1. The lowest BCUT2D eigenvalue weighted by Gasteiger charge is -2.22. The first-order valence-corrected chi connectivity index (χ1v) is 6.04. The molecule has 1 fully saturated rings. The summed E-state index contributed by atoms with van der Waals surface area (Å²) >= 11 is 6.22. The Morgan fingerprint density at radius 2 is 2.06 bits per heavy atom. The summed E-state index contributed by atoms with van der Waals surface area (Å²) in [6.45, 7) is 2.75. The predicted octanol–water partition coefficient (Wildman–Crippen LogP) is 2.37. The molecule has 0 amide bonds. The van der Waals surface area contributed by atoms with Gasteiger partial charge in [-0.25, -0.2) is 5.90 Å². The van der Waals surface area contributed by atoms with E-state index in [9.17, 15) is 0 Å². The second kappa shape index (κ2) is 5.53. The second-order valence-corrected chi connectivity index (χ2v) is 4.46. The van der Waals surface area contributed by atoms with E-state index in [0.717, 1.165) is 30.1 Å². The molecule has 16 heavy (non-hydrogen) atoms. The van der Waals surface area contributed by atoms with Crippen LogP contribution in [0, 0.1) is 0 Å². The van der Waals surface area contributed by atoms with Crippen LogP contribution < -0.4 is 10.8 Å². The summed E-state index contributed by atoms with van der Waals surface area (Å²) in [7, 11) is 0. The minimum Gasteiger partial charge on any atom is -0.371 e. The number of halogens is 1. The highest BCUT2D eigenvalue weighted by Gasteiger charge is 2.16. The van der Waals surface area contributed by atoms with Gasteiger partial charge in [0.2, 0.25) is 0 Å². The molecule has 1 aromatic carbocycles. The van der Waals surface area contributed by atoms with Gasteiger partial charge in [-0.05, 0) is 30.5 Å². The van der Waals surface area contributed by atoms with Gasteiger partial charge in [-0.15, -0.1) is 0 Å². The van der Waals surface area contributed by atoms with Gasteiger partial charge in [0.1, 0.15) is 0 Å². The zero-order chi connectivity index (χ0) is 11.4. The van der Waals surface area contributed by atoms with E-state index in [0.29, 0.717) is 6.61 Å². The molecule has 1 heterocycles. The van der Waals surface area contributed by atoms with E-state index in [1.54, 1.807) is 0 Å². The molecule has 2 N–H and O–H groups in total. The van der Waals surface area contributed by atoms with Crippen molar-refractivity contribution in [2.75, 3.05) is 24.6 Å². The molecule has 2 rings (SSSR count). The standard InChI is InChI=1S/C12H17ClN2O/c13-11-4-3-5-12(10(11)6-9-16-14)15-7-1-2-8-15/h3-5H,1-2,6-9,14H2. The molecule has 1 aliphatic rings. The Hall–Kier alpha value is -0.770. The van der Waals surface area contributed by atoms with Crippen LogP contribution in [0.3, 0.4) is 0 Å². The highest BCUT2D eigenvalue weighted by atomic mass is 35.5. The molecule has 0 atom stereocenters. The topological polar surface area (TPSA) is 38.5 Å². The number of anilines is 1. The molecular weight excluding hydrogens is 224 g/mol. The summed E-state index contributed by atoms with van der Waals surface area (Å²) in [5.74, 6) is 5.07. The third-order valence-electron chi connectivity index (χ3n) is 3.01. The van der Waals surface area contributed by atoms with Gasteiger partial charge < -0.3 is 9.74 Å². The van der Waals surface area contributed by atoms with Crippen LogP contribution in [0.25, 0.3) is 0 Å². The molecule has 0 radical (unpaired) electrons. The van der Waals surface area contributed by atoms with Crippen molar-refractivity contribution in [1.82, 2.24) is 0 Å². The van der Waals surface area contributed by atoms with Crippen molar-refractivity contribution in [2.24, 2.45) is 5.90 Å². The third-order valence-corrected chi connectivity index (χ3v) is 3.36. The molecule has 0 saturated carbocycles. The Morgan fingerprint density at radius 3 is 2.75 bits per heavy atom. The SMILES string of the molecule is NOCCc1c(Cl)cccc1N1CCCC1. The van der Waals surface area contributed by atoms with Crippen LogP contribution in [-0.2, 0) is 11.3 Å². The van der Waals surface area contributed by atoms with Crippen LogP contribution >= 0.6 is 11.6 Å². The maximum Gasteiger partial charge on any atom is 0.0720 e. The summed E-state index contributed by atoms with van der Waals surface area (Å²) in [6, 6.07) is 6.05. The quantitative estimate of drug-likeness (QED) is 0.822. The fourth-order valence-corrected chi connectivity index (χ4v) is 2.47. The smallest absolute Gasteiger partial charge is 0.0720 e. The molecular formula is C12H17ClN2O. The molecule has 4 heteroatoms. The largest absolute Gasteiger partial charge is 0.371 e. The molecule has 0 aliphatic carbocycles. The lowest BCUT2D eigenvalue weighted by molar-refractivity contribution is 0.141. The van der Waals surface area contributed by atoms with Gasteiger partial charge in [-0.2, -0.15) is 0 Å². The number of rotatable bonds is 4. The van der Waals surface area contributed by atoms with Crippen LogP contribution in [0.1, 0.15) is 18.4 Å². The van der Waals surface area contributed by atoms with E-state index in [4.69, 9.17) is 17.5 Å².